The first-order valence-corrected chi connectivity index (χ1v) is 6.92. The Morgan fingerprint density at radius 3 is 2.48 bits per heavy atom. The van der Waals surface area contributed by atoms with Crippen molar-refractivity contribution in [2.24, 2.45) is 5.10 Å². The summed E-state index contributed by atoms with van der Waals surface area (Å²) in [6.45, 7) is 0. The molecule has 0 saturated heterocycles. The Kier molecular flexibility index (Phi) is 4.15. The van der Waals surface area contributed by atoms with Gasteiger partial charge in [0, 0.05) is 5.56 Å². The maximum Gasteiger partial charge on any atom is 0.271 e. The average molecular weight is 311 g/mol. The molecule has 0 saturated carbocycles. The number of hydrazone groups is 1. The molecule has 2 aromatic rings. The van der Waals surface area contributed by atoms with Crippen LogP contribution in [0.2, 0.25) is 0 Å². The largest absolute Gasteiger partial charge is 0.742 e. The van der Waals surface area contributed by atoms with Crippen molar-refractivity contribution in [2.75, 3.05) is 0 Å². The van der Waals surface area contributed by atoms with E-state index in [1.165, 1.54) is 18.2 Å². The SMILES string of the molecule is O=C(N/N=C/c1ccc(S(=O)(=O)[O-])o1)c1ccc(F)cc1. The Labute approximate surface area is 118 Å². The lowest BCUT2D eigenvalue weighted by Crippen LogP contribution is -2.17. The summed E-state index contributed by atoms with van der Waals surface area (Å²) in [6.07, 6.45) is 1.02. The molecule has 0 aliphatic heterocycles. The van der Waals surface area contributed by atoms with Gasteiger partial charge in [-0.15, -0.1) is 0 Å². The molecule has 1 amide bonds. The number of hydrogen-bond donors (Lipinski definition) is 1. The second kappa shape index (κ2) is 5.85. The molecule has 2 rings (SSSR count). The second-order valence-corrected chi connectivity index (χ2v) is 5.13. The molecule has 21 heavy (non-hydrogen) atoms. The summed E-state index contributed by atoms with van der Waals surface area (Å²) in [6, 6.07) is 6.97. The van der Waals surface area contributed by atoms with Gasteiger partial charge in [-0.25, -0.2) is 18.2 Å². The number of benzene rings is 1. The van der Waals surface area contributed by atoms with Gasteiger partial charge in [-0.2, -0.15) is 5.10 Å². The normalized spacial score (nSPS) is 11.7. The lowest BCUT2D eigenvalue weighted by Gasteiger charge is -2.00. The number of nitrogens with zero attached hydrogens (tertiary/aromatic N) is 1. The third-order valence-electron chi connectivity index (χ3n) is 2.31. The minimum absolute atomic E-state index is 0.0242. The third-order valence-corrected chi connectivity index (χ3v) is 3.03. The molecule has 0 atom stereocenters. The highest BCUT2D eigenvalue weighted by Gasteiger charge is 2.07. The molecule has 1 aromatic carbocycles. The van der Waals surface area contributed by atoms with Gasteiger partial charge in [0.25, 0.3) is 5.91 Å². The van der Waals surface area contributed by atoms with Gasteiger partial charge in [-0.3, -0.25) is 4.79 Å². The number of hydrogen-bond acceptors (Lipinski definition) is 6. The fraction of sp³-hybridized carbons (Fsp3) is 0. The average Bonchev–Trinajstić information content (AvgIpc) is 2.88. The number of amides is 1. The zero-order valence-electron chi connectivity index (χ0n) is 10.3. The maximum absolute atomic E-state index is 12.7. The molecule has 7 nitrogen and oxygen atoms in total. The van der Waals surface area contributed by atoms with Crippen LogP contribution < -0.4 is 5.43 Å². The van der Waals surface area contributed by atoms with Crippen LogP contribution in [0.25, 0.3) is 0 Å². The van der Waals surface area contributed by atoms with E-state index in [0.29, 0.717) is 0 Å². The molecule has 0 aliphatic rings. The summed E-state index contributed by atoms with van der Waals surface area (Å²) in [5.41, 5.74) is 2.33. The third kappa shape index (κ3) is 3.97. The van der Waals surface area contributed by atoms with Crippen molar-refractivity contribution in [1.82, 2.24) is 5.43 Å². The molecule has 0 fully saturated rings. The van der Waals surface area contributed by atoms with Crippen molar-refractivity contribution in [1.29, 1.82) is 0 Å². The predicted molar refractivity (Wildman–Crippen MR) is 68.1 cm³/mol. The van der Waals surface area contributed by atoms with Crippen LogP contribution in [-0.4, -0.2) is 25.1 Å². The van der Waals surface area contributed by atoms with E-state index in [2.05, 4.69) is 10.5 Å². The van der Waals surface area contributed by atoms with Crippen LogP contribution in [0, 0.1) is 5.82 Å². The first-order chi connectivity index (χ1) is 9.86. The van der Waals surface area contributed by atoms with Crippen molar-refractivity contribution >= 4 is 22.2 Å². The van der Waals surface area contributed by atoms with Gasteiger partial charge >= 0.3 is 0 Å². The number of carbonyl (C=O) groups is 1. The van der Waals surface area contributed by atoms with Crippen LogP contribution >= 0.6 is 0 Å². The topological polar surface area (TPSA) is 112 Å². The van der Waals surface area contributed by atoms with Crippen molar-refractivity contribution in [3.63, 3.8) is 0 Å². The molecule has 1 N–H and O–H groups in total. The van der Waals surface area contributed by atoms with Crippen LogP contribution in [-0.2, 0) is 10.1 Å². The summed E-state index contributed by atoms with van der Waals surface area (Å²) in [4.78, 5) is 11.6. The molecule has 9 heteroatoms. The smallest absolute Gasteiger partial charge is 0.271 e. The van der Waals surface area contributed by atoms with Gasteiger partial charge < -0.3 is 8.97 Å². The van der Waals surface area contributed by atoms with Crippen LogP contribution in [0.1, 0.15) is 16.1 Å². The fourth-order valence-electron chi connectivity index (χ4n) is 1.36. The van der Waals surface area contributed by atoms with Crippen molar-refractivity contribution in [3.8, 4) is 0 Å². The summed E-state index contributed by atoms with van der Waals surface area (Å²) >= 11 is 0. The van der Waals surface area contributed by atoms with Gasteiger partial charge in [0.1, 0.15) is 11.6 Å². The van der Waals surface area contributed by atoms with Crippen LogP contribution in [0.3, 0.4) is 0 Å². The molecule has 1 heterocycles. The van der Waals surface area contributed by atoms with Crippen LogP contribution in [0.15, 0.2) is 51.0 Å². The van der Waals surface area contributed by atoms with Crippen molar-refractivity contribution < 1.29 is 26.6 Å². The first kappa shape index (κ1) is 14.9. The lowest BCUT2D eigenvalue weighted by atomic mass is 10.2. The van der Waals surface area contributed by atoms with E-state index in [-0.39, 0.29) is 11.3 Å². The highest BCUT2D eigenvalue weighted by molar-refractivity contribution is 7.85. The van der Waals surface area contributed by atoms with Crippen molar-refractivity contribution in [3.05, 3.63) is 53.5 Å². The van der Waals surface area contributed by atoms with E-state index in [4.69, 9.17) is 4.42 Å². The Hall–Kier alpha value is -2.52. The monoisotopic (exact) mass is 311 g/mol. The number of furan rings is 1. The number of nitrogens with one attached hydrogen (secondary N) is 1. The second-order valence-electron chi connectivity index (χ2n) is 3.82. The van der Waals surface area contributed by atoms with E-state index < -0.39 is 26.9 Å². The molecule has 0 radical (unpaired) electrons. The number of carbonyl (C=O) groups excluding carboxylic acids is 1. The molecule has 0 aliphatic carbocycles. The molecule has 0 bridgehead atoms. The quantitative estimate of drug-likeness (QED) is 0.516. The summed E-state index contributed by atoms with van der Waals surface area (Å²) in [5.74, 6) is -1.09. The molecule has 0 unspecified atom stereocenters. The van der Waals surface area contributed by atoms with E-state index in [1.54, 1.807) is 0 Å². The molecule has 110 valence electrons. The van der Waals surface area contributed by atoms with E-state index in [9.17, 15) is 22.2 Å². The standard InChI is InChI=1S/C12H9FN2O5S/c13-9-3-1-8(2-4-9)12(16)15-14-7-10-5-6-11(20-10)21(17,18)19/h1-7H,(H,15,16)(H,17,18,19)/p-1/b14-7+. The van der Waals surface area contributed by atoms with Gasteiger partial charge in [-0.05, 0) is 36.4 Å². The van der Waals surface area contributed by atoms with Crippen molar-refractivity contribution in [2.45, 2.75) is 5.09 Å². The zero-order valence-corrected chi connectivity index (χ0v) is 11.1. The van der Waals surface area contributed by atoms with Gasteiger partial charge in [-0.1, -0.05) is 0 Å². The Morgan fingerprint density at radius 2 is 1.90 bits per heavy atom. The molecule has 1 aromatic heterocycles. The Morgan fingerprint density at radius 1 is 1.24 bits per heavy atom. The molecular formula is C12H8FN2O5S-. The number of rotatable bonds is 4. The van der Waals surface area contributed by atoms with E-state index >= 15 is 0 Å². The van der Waals surface area contributed by atoms with Gasteiger partial charge in [0.15, 0.2) is 10.1 Å². The highest BCUT2D eigenvalue weighted by Crippen LogP contribution is 2.11. The van der Waals surface area contributed by atoms with Crippen LogP contribution in [0.4, 0.5) is 4.39 Å². The minimum atomic E-state index is -4.67. The van der Waals surface area contributed by atoms with Crippen LogP contribution in [0.5, 0.6) is 0 Å². The minimum Gasteiger partial charge on any atom is -0.742 e. The molecule has 0 spiro atoms. The Balaban J connectivity index is 2.01. The van der Waals surface area contributed by atoms with E-state index in [0.717, 1.165) is 24.4 Å². The first-order valence-electron chi connectivity index (χ1n) is 5.51. The summed E-state index contributed by atoms with van der Waals surface area (Å²) in [5, 5.41) is 2.78. The van der Waals surface area contributed by atoms with E-state index in [1.807, 2.05) is 0 Å². The lowest BCUT2D eigenvalue weighted by molar-refractivity contribution is 0.0955. The number of halogens is 1. The zero-order chi connectivity index (χ0) is 15.5. The Bertz CT molecular complexity index is 780. The van der Waals surface area contributed by atoms with Gasteiger partial charge in [0.05, 0.1) is 6.21 Å². The van der Waals surface area contributed by atoms with Gasteiger partial charge in [0.2, 0.25) is 5.09 Å². The maximum atomic E-state index is 12.7. The fourth-order valence-corrected chi connectivity index (χ4v) is 1.79. The predicted octanol–water partition coefficient (Wildman–Crippen LogP) is 1.09. The molecular weight excluding hydrogens is 303 g/mol. The summed E-state index contributed by atoms with van der Waals surface area (Å²) < 4.78 is 49.3. The highest BCUT2D eigenvalue weighted by atomic mass is 32.2. The summed E-state index contributed by atoms with van der Waals surface area (Å²) in [7, 11) is -4.67.